The molecular weight excluding hydrogens is 513 g/mol. The molecular formula is C23H31ClIN3O2. The van der Waals surface area contributed by atoms with Crippen molar-refractivity contribution >= 4 is 41.5 Å². The Hall–Kier alpha value is -1.35. The van der Waals surface area contributed by atoms with Gasteiger partial charge in [0, 0.05) is 31.8 Å². The summed E-state index contributed by atoms with van der Waals surface area (Å²) in [5, 5.41) is 7.52. The van der Waals surface area contributed by atoms with Crippen molar-refractivity contribution in [3.63, 3.8) is 0 Å². The van der Waals surface area contributed by atoms with Crippen molar-refractivity contribution < 1.29 is 9.47 Å². The summed E-state index contributed by atoms with van der Waals surface area (Å²) in [5.41, 5.74) is 3.55. The maximum atomic E-state index is 5.98. The van der Waals surface area contributed by atoms with Gasteiger partial charge in [0.05, 0.1) is 18.8 Å². The first-order chi connectivity index (χ1) is 14.1. The fourth-order valence-electron chi connectivity index (χ4n) is 3.23. The second kappa shape index (κ2) is 13.1. The quantitative estimate of drug-likeness (QED) is 0.291. The first-order valence-electron chi connectivity index (χ1n) is 10.1. The summed E-state index contributed by atoms with van der Waals surface area (Å²) in [6, 6.07) is 16.5. The van der Waals surface area contributed by atoms with E-state index in [-0.39, 0.29) is 30.0 Å². The number of guanidine groups is 1. The van der Waals surface area contributed by atoms with Gasteiger partial charge >= 0.3 is 0 Å². The van der Waals surface area contributed by atoms with Crippen molar-refractivity contribution in [3.8, 4) is 0 Å². The zero-order valence-corrected chi connectivity index (χ0v) is 20.7. The zero-order chi connectivity index (χ0) is 20.5. The van der Waals surface area contributed by atoms with Gasteiger partial charge in [-0.1, -0.05) is 48.0 Å². The molecule has 1 saturated heterocycles. The average molecular weight is 544 g/mol. The van der Waals surface area contributed by atoms with Gasteiger partial charge in [-0.2, -0.15) is 0 Å². The highest BCUT2D eigenvalue weighted by Gasteiger charge is 2.14. The summed E-state index contributed by atoms with van der Waals surface area (Å²) in [4.78, 5) is 4.32. The van der Waals surface area contributed by atoms with E-state index in [1.54, 1.807) is 7.05 Å². The molecule has 0 radical (unpaired) electrons. The standard InChI is InChI=1S/C23H30ClN3O2.HI/c1-17(20-7-9-21(24)10-8-20)27-23(25-2)26-15-18-3-5-19(6-4-18)16-29-22-11-13-28-14-12-22;/h3-10,17,22H,11-16H2,1-2H3,(H2,25,26,27);1H. The number of ether oxygens (including phenoxy) is 2. The van der Waals surface area contributed by atoms with Crippen LogP contribution in [0.2, 0.25) is 5.02 Å². The van der Waals surface area contributed by atoms with Crippen LogP contribution in [0.5, 0.6) is 0 Å². The SMILES string of the molecule is CN=C(NCc1ccc(COC2CCOCC2)cc1)NC(C)c1ccc(Cl)cc1.I. The Morgan fingerprint density at radius 3 is 2.37 bits per heavy atom. The predicted molar refractivity (Wildman–Crippen MR) is 134 cm³/mol. The number of nitrogens with one attached hydrogen (secondary N) is 2. The smallest absolute Gasteiger partial charge is 0.191 e. The molecule has 0 bridgehead atoms. The van der Waals surface area contributed by atoms with Crippen molar-refractivity contribution in [2.75, 3.05) is 20.3 Å². The summed E-state index contributed by atoms with van der Waals surface area (Å²) < 4.78 is 11.4. The Kier molecular flexibility index (Phi) is 10.9. The van der Waals surface area contributed by atoms with Crippen LogP contribution in [0.25, 0.3) is 0 Å². The normalized spacial score (nSPS) is 15.9. The Bertz CT molecular complexity index is 778. The summed E-state index contributed by atoms with van der Waals surface area (Å²) in [7, 11) is 1.78. The van der Waals surface area contributed by atoms with E-state index in [4.69, 9.17) is 21.1 Å². The molecule has 2 aromatic carbocycles. The van der Waals surface area contributed by atoms with Crippen molar-refractivity contribution in [3.05, 3.63) is 70.2 Å². The number of aliphatic imine (C=N–C) groups is 1. The lowest BCUT2D eigenvalue weighted by molar-refractivity contribution is -0.0390. The lowest BCUT2D eigenvalue weighted by Gasteiger charge is -2.22. The molecule has 2 aromatic rings. The molecule has 7 heteroatoms. The zero-order valence-electron chi connectivity index (χ0n) is 17.6. The summed E-state index contributed by atoms with van der Waals surface area (Å²) in [6.07, 6.45) is 2.30. The van der Waals surface area contributed by atoms with E-state index >= 15 is 0 Å². The van der Waals surface area contributed by atoms with Crippen LogP contribution in [0.4, 0.5) is 0 Å². The third kappa shape index (κ3) is 8.06. The van der Waals surface area contributed by atoms with Crippen molar-refractivity contribution in [1.29, 1.82) is 0 Å². The molecule has 0 amide bonds. The van der Waals surface area contributed by atoms with Gasteiger partial charge in [0.1, 0.15) is 0 Å². The monoisotopic (exact) mass is 543 g/mol. The minimum atomic E-state index is 0. The van der Waals surface area contributed by atoms with E-state index in [0.29, 0.717) is 19.3 Å². The highest BCUT2D eigenvalue weighted by atomic mass is 127. The highest BCUT2D eigenvalue weighted by molar-refractivity contribution is 14.0. The largest absolute Gasteiger partial charge is 0.381 e. The van der Waals surface area contributed by atoms with E-state index in [2.05, 4.69) is 46.8 Å². The number of nitrogens with zero attached hydrogens (tertiary/aromatic N) is 1. The first-order valence-corrected chi connectivity index (χ1v) is 10.5. The molecule has 164 valence electrons. The lowest BCUT2D eigenvalue weighted by Crippen LogP contribution is -2.38. The van der Waals surface area contributed by atoms with Gasteiger partial charge in [-0.05, 0) is 48.6 Å². The Morgan fingerprint density at radius 1 is 1.10 bits per heavy atom. The lowest BCUT2D eigenvalue weighted by atomic mass is 10.1. The third-order valence-electron chi connectivity index (χ3n) is 5.08. The Morgan fingerprint density at radius 2 is 1.73 bits per heavy atom. The van der Waals surface area contributed by atoms with Gasteiger partial charge < -0.3 is 20.1 Å². The van der Waals surface area contributed by atoms with Crippen LogP contribution >= 0.6 is 35.6 Å². The van der Waals surface area contributed by atoms with Crippen molar-refractivity contribution in [1.82, 2.24) is 10.6 Å². The molecule has 1 aliphatic heterocycles. The molecule has 0 spiro atoms. The molecule has 1 fully saturated rings. The van der Waals surface area contributed by atoms with Crippen LogP contribution in [-0.2, 0) is 22.6 Å². The van der Waals surface area contributed by atoms with E-state index in [9.17, 15) is 0 Å². The number of halogens is 2. The molecule has 1 aliphatic rings. The number of hydrogen-bond acceptors (Lipinski definition) is 3. The van der Waals surface area contributed by atoms with Gasteiger partial charge in [0.2, 0.25) is 0 Å². The summed E-state index contributed by atoms with van der Waals surface area (Å²) in [5.74, 6) is 0.763. The molecule has 1 heterocycles. The van der Waals surface area contributed by atoms with Gasteiger partial charge in [-0.15, -0.1) is 24.0 Å². The van der Waals surface area contributed by atoms with Crippen LogP contribution < -0.4 is 10.6 Å². The highest BCUT2D eigenvalue weighted by Crippen LogP contribution is 2.16. The van der Waals surface area contributed by atoms with E-state index < -0.39 is 0 Å². The minimum Gasteiger partial charge on any atom is -0.381 e. The number of hydrogen-bond donors (Lipinski definition) is 2. The molecule has 1 atom stereocenters. The molecule has 0 aliphatic carbocycles. The summed E-state index contributed by atoms with van der Waals surface area (Å²) in [6.45, 7) is 5.07. The second-order valence-electron chi connectivity index (χ2n) is 7.28. The molecule has 5 nitrogen and oxygen atoms in total. The molecule has 3 rings (SSSR count). The molecule has 0 aromatic heterocycles. The van der Waals surface area contributed by atoms with Crippen LogP contribution in [0, 0.1) is 0 Å². The summed E-state index contributed by atoms with van der Waals surface area (Å²) >= 11 is 5.97. The molecule has 2 N–H and O–H groups in total. The Labute approximate surface area is 201 Å². The maximum Gasteiger partial charge on any atom is 0.191 e. The minimum absolute atomic E-state index is 0. The fraction of sp³-hybridized carbons (Fsp3) is 0.435. The molecule has 30 heavy (non-hydrogen) atoms. The van der Waals surface area contributed by atoms with Crippen LogP contribution in [0.15, 0.2) is 53.5 Å². The maximum absolute atomic E-state index is 5.98. The van der Waals surface area contributed by atoms with Crippen molar-refractivity contribution in [2.24, 2.45) is 4.99 Å². The van der Waals surface area contributed by atoms with Gasteiger partial charge in [-0.3, -0.25) is 4.99 Å². The van der Waals surface area contributed by atoms with Crippen LogP contribution in [0.3, 0.4) is 0 Å². The topological polar surface area (TPSA) is 54.9 Å². The Balaban J connectivity index is 0.00000320. The number of rotatable bonds is 7. The van der Waals surface area contributed by atoms with Crippen LogP contribution in [0.1, 0.15) is 42.5 Å². The van der Waals surface area contributed by atoms with E-state index in [0.717, 1.165) is 42.6 Å². The van der Waals surface area contributed by atoms with Crippen molar-refractivity contribution in [2.45, 2.75) is 45.1 Å². The average Bonchev–Trinajstić information content (AvgIpc) is 2.77. The van der Waals surface area contributed by atoms with Gasteiger partial charge in [0.25, 0.3) is 0 Å². The van der Waals surface area contributed by atoms with Gasteiger partial charge in [0.15, 0.2) is 5.96 Å². The fourth-order valence-corrected chi connectivity index (χ4v) is 3.36. The predicted octanol–water partition coefficient (Wildman–Crippen LogP) is 5.08. The van der Waals surface area contributed by atoms with E-state index in [1.807, 2.05) is 24.3 Å². The first kappa shape index (κ1) is 24.9. The third-order valence-corrected chi connectivity index (χ3v) is 5.34. The molecule has 0 saturated carbocycles. The van der Waals surface area contributed by atoms with E-state index in [1.165, 1.54) is 11.1 Å². The second-order valence-corrected chi connectivity index (χ2v) is 7.72. The van der Waals surface area contributed by atoms with Gasteiger partial charge in [-0.25, -0.2) is 0 Å². The number of benzene rings is 2. The van der Waals surface area contributed by atoms with Crippen LogP contribution in [-0.4, -0.2) is 32.3 Å². The molecule has 1 unspecified atom stereocenters.